The number of rotatable bonds is 6. The molecule has 0 aliphatic heterocycles. The van der Waals surface area contributed by atoms with Gasteiger partial charge in [0.15, 0.2) is 0 Å². The number of aliphatic hydroxyl groups excluding tert-OH is 1. The van der Waals surface area contributed by atoms with Crippen LogP contribution < -0.4 is 0 Å². The summed E-state index contributed by atoms with van der Waals surface area (Å²) in [6.45, 7) is 2.04. The van der Waals surface area contributed by atoms with Crippen LogP contribution in [0.15, 0.2) is 24.3 Å². The summed E-state index contributed by atoms with van der Waals surface area (Å²) in [6.07, 6.45) is -1.12. The fraction of sp³-hybridized carbons (Fsp3) is 0.417. The number of nitro groups is 1. The zero-order valence-electron chi connectivity index (χ0n) is 10.0. The predicted octanol–water partition coefficient (Wildman–Crippen LogP) is 1.39. The third kappa shape index (κ3) is 4.14. The maximum Gasteiger partial charge on any atom is 0.338 e. The van der Waals surface area contributed by atoms with E-state index in [0.717, 1.165) is 5.56 Å². The molecule has 0 aliphatic rings. The van der Waals surface area contributed by atoms with Gasteiger partial charge in [-0.3, -0.25) is 10.1 Å². The van der Waals surface area contributed by atoms with Crippen molar-refractivity contribution in [1.82, 2.24) is 0 Å². The van der Waals surface area contributed by atoms with Crippen molar-refractivity contribution in [1.29, 1.82) is 0 Å². The highest BCUT2D eigenvalue weighted by Gasteiger charge is 2.14. The van der Waals surface area contributed by atoms with Crippen LogP contribution in [0, 0.1) is 10.1 Å². The molecule has 1 N–H and O–H groups in total. The van der Waals surface area contributed by atoms with E-state index in [4.69, 9.17) is 9.84 Å². The number of hydrogen-bond acceptors (Lipinski definition) is 5. The van der Waals surface area contributed by atoms with Crippen LogP contribution in [-0.2, 0) is 11.2 Å². The quantitative estimate of drug-likeness (QED) is 0.358. The van der Waals surface area contributed by atoms with Crippen LogP contribution in [0.1, 0.15) is 29.3 Å². The first-order valence-corrected chi connectivity index (χ1v) is 5.62. The molecule has 1 aromatic carbocycles. The van der Waals surface area contributed by atoms with E-state index in [1.54, 1.807) is 31.2 Å². The number of hydrogen-bond donors (Lipinski definition) is 1. The summed E-state index contributed by atoms with van der Waals surface area (Å²) >= 11 is 0. The first-order chi connectivity index (χ1) is 8.54. The molecule has 1 aromatic rings. The Labute approximate surface area is 104 Å². The summed E-state index contributed by atoms with van der Waals surface area (Å²) in [5.41, 5.74) is 1.26. The van der Waals surface area contributed by atoms with E-state index in [-0.39, 0.29) is 6.42 Å². The van der Waals surface area contributed by atoms with Crippen LogP contribution in [0.3, 0.4) is 0 Å². The molecule has 6 nitrogen and oxygen atoms in total. The first kappa shape index (κ1) is 14.1. The Bertz CT molecular complexity index is 415. The van der Waals surface area contributed by atoms with Gasteiger partial charge in [-0.25, -0.2) is 4.79 Å². The van der Waals surface area contributed by atoms with Gasteiger partial charge in [-0.1, -0.05) is 12.1 Å². The molecule has 98 valence electrons. The van der Waals surface area contributed by atoms with Gasteiger partial charge in [0.2, 0.25) is 0 Å². The molecule has 0 aromatic heterocycles. The second-order valence-electron chi connectivity index (χ2n) is 3.72. The molecule has 6 heteroatoms. The van der Waals surface area contributed by atoms with Crippen LogP contribution in [0.5, 0.6) is 0 Å². The van der Waals surface area contributed by atoms with Crippen molar-refractivity contribution < 1.29 is 19.6 Å². The van der Waals surface area contributed by atoms with E-state index < -0.39 is 17.1 Å². The van der Waals surface area contributed by atoms with Crippen molar-refractivity contribution in [3.8, 4) is 0 Å². The number of ether oxygens (including phenoxy) is 1. The summed E-state index contributed by atoms with van der Waals surface area (Å²) in [4.78, 5) is 20.9. The summed E-state index contributed by atoms with van der Waals surface area (Å²) in [5, 5.41) is 19.3. The lowest BCUT2D eigenvalue weighted by atomic mass is 10.1. The molecule has 1 atom stereocenters. The lowest BCUT2D eigenvalue weighted by Crippen LogP contribution is -2.19. The van der Waals surface area contributed by atoms with E-state index in [9.17, 15) is 14.9 Å². The van der Waals surface area contributed by atoms with Crippen LogP contribution in [0.2, 0.25) is 0 Å². The first-order valence-electron chi connectivity index (χ1n) is 5.62. The topological polar surface area (TPSA) is 89.7 Å². The molecular formula is C12H15NO5. The summed E-state index contributed by atoms with van der Waals surface area (Å²) < 4.78 is 4.83. The Balaban J connectivity index is 2.55. The SMILES string of the molecule is CCOC(=O)c1ccc(CCC(O)[N+](=O)[O-])cc1. The van der Waals surface area contributed by atoms with Crippen LogP contribution in [0.25, 0.3) is 0 Å². The van der Waals surface area contributed by atoms with Crippen molar-refractivity contribution >= 4 is 5.97 Å². The molecule has 0 bridgehead atoms. The molecule has 0 radical (unpaired) electrons. The average Bonchev–Trinajstić information content (AvgIpc) is 2.36. The maximum absolute atomic E-state index is 11.4. The van der Waals surface area contributed by atoms with Crippen molar-refractivity contribution in [2.45, 2.75) is 26.0 Å². The maximum atomic E-state index is 11.4. The van der Waals surface area contributed by atoms with Gasteiger partial charge in [-0.2, -0.15) is 0 Å². The van der Waals surface area contributed by atoms with Gasteiger partial charge in [0.05, 0.1) is 17.1 Å². The monoisotopic (exact) mass is 253 g/mol. The smallest absolute Gasteiger partial charge is 0.338 e. The Morgan fingerprint density at radius 3 is 2.56 bits per heavy atom. The van der Waals surface area contributed by atoms with E-state index in [1.807, 2.05) is 0 Å². The predicted molar refractivity (Wildman–Crippen MR) is 63.7 cm³/mol. The molecule has 1 rings (SSSR count). The van der Waals surface area contributed by atoms with Gasteiger partial charge in [-0.15, -0.1) is 0 Å². The number of carbonyl (C=O) groups excluding carboxylic acids is 1. The highest BCUT2D eigenvalue weighted by Crippen LogP contribution is 2.09. The second-order valence-corrected chi connectivity index (χ2v) is 3.72. The number of carbonyl (C=O) groups is 1. The highest BCUT2D eigenvalue weighted by atomic mass is 16.7. The standard InChI is InChI=1S/C12H15NO5/c1-2-18-12(15)10-6-3-9(4-7-10)5-8-11(14)13(16)17/h3-4,6-7,11,14H,2,5,8H2,1H3. The van der Waals surface area contributed by atoms with Crippen molar-refractivity contribution in [2.75, 3.05) is 6.61 Å². The van der Waals surface area contributed by atoms with Crippen LogP contribution in [0.4, 0.5) is 0 Å². The fourth-order valence-corrected chi connectivity index (χ4v) is 1.42. The lowest BCUT2D eigenvalue weighted by molar-refractivity contribution is -0.571. The van der Waals surface area contributed by atoms with Crippen molar-refractivity contribution in [2.24, 2.45) is 0 Å². The normalized spacial score (nSPS) is 11.9. The summed E-state index contributed by atoms with van der Waals surface area (Å²) in [5.74, 6) is -0.394. The summed E-state index contributed by atoms with van der Waals surface area (Å²) in [6, 6.07) is 6.59. The van der Waals surface area contributed by atoms with Crippen molar-refractivity contribution in [3.05, 3.63) is 45.5 Å². The van der Waals surface area contributed by atoms with Gasteiger partial charge in [0.25, 0.3) is 0 Å². The Hall–Kier alpha value is -1.95. The molecule has 18 heavy (non-hydrogen) atoms. The largest absolute Gasteiger partial charge is 0.462 e. The Morgan fingerprint density at radius 1 is 1.44 bits per heavy atom. The fourth-order valence-electron chi connectivity index (χ4n) is 1.42. The van der Waals surface area contributed by atoms with E-state index in [2.05, 4.69) is 0 Å². The zero-order valence-corrected chi connectivity index (χ0v) is 10.0. The Kier molecular flexibility index (Phi) is 5.26. The van der Waals surface area contributed by atoms with Crippen molar-refractivity contribution in [3.63, 3.8) is 0 Å². The van der Waals surface area contributed by atoms with Gasteiger partial charge >= 0.3 is 12.2 Å². The molecule has 1 unspecified atom stereocenters. The minimum Gasteiger partial charge on any atom is -0.462 e. The number of aryl methyl sites for hydroxylation is 1. The molecule has 0 spiro atoms. The highest BCUT2D eigenvalue weighted by molar-refractivity contribution is 5.89. The van der Waals surface area contributed by atoms with E-state index in [1.165, 1.54) is 0 Å². The van der Waals surface area contributed by atoms with Gasteiger partial charge in [0.1, 0.15) is 0 Å². The molecule has 0 saturated heterocycles. The number of nitrogens with zero attached hydrogens (tertiary/aromatic N) is 1. The molecule has 0 fully saturated rings. The van der Waals surface area contributed by atoms with Gasteiger partial charge < -0.3 is 9.84 Å². The number of benzene rings is 1. The molecule has 0 amide bonds. The minimum absolute atomic E-state index is 0.0474. The minimum atomic E-state index is -1.55. The Morgan fingerprint density at radius 2 is 2.06 bits per heavy atom. The zero-order chi connectivity index (χ0) is 13.5. The molecular weight excluding hydrogens is 238 g/mol. The third-order valence-electron chi connectivity index (χ3n) is 2.40. The summed E-state index contributed by atoms with van der Waals surface area (Å²) in [7, 11) is 0. The lowest BCUT2D eigenvalue weighted by Gasteiger charge is -2.05. The second kappa shape index (κ2) is 6.70. The van der Waals surface area contributed by atoms with E-state index in [0.29, 0.717) is 18.6 Å². The van der Waals surface area contributed by atoms with Gasteiger partial charge in [0, 0.05) is 6.42 Å². The van der Waals surface area contributed by atoms with E-state index >= 15 is 0 Å². The molecule has 0 saturated carbocycles. The number of aliphatic hydroxyl groups is 1. The third-order valence-corrected chi connectivity index (χ3v) is 2.40. The average molecular weight is 253 g/mol. The van der Waals surface area contributed by atoms with Crippen LogP contribution in [-0.4, -0.2) is 28.8 Å². The number of esters is 1. The van der Waals surface area contributed by atoms with Gasteiger partial charge in [-0.05, 0) is 31.0 Å². The van der Waals surface area contributed by atoms with Crippen LogP contribution >= 0.6 is 0 Å². The molecule has 0 aliphatic carbocycles. The molecule has 0 heterocycles.